The maximum atomic E-state index is 12.3. The Kier molecular flexibility index (Phi) is 6.69. The average Bonchev–Trinajstić information content (AvgIpc) is 3.00. The number of hydrogen-bond donors (Lipinski definition) is 0. The molecule has 4 aliphatic rings. The van der Waals surface area contributed by atoms with E-state index in [4.69, 9.17) is 0 Å². The smallest absolute Gasteiger partial charge is 0.133 e. The van der Waals surface area contributed by atoms with Gasteiger partial charge >= 0.3 is 0 Å². The topological polar surface area (TPSA) is 17.1 Å². The number of ketones is 1. The summed E-state index contributed by atoms with van der Waals surface area (Å²) >= 11 is 8.26. The van der Waals surface area contributed by atoms with Crippen LogP contribution in [0.3, 0.4) is 0 Å². The number of carbonyl (C=O) groups excluding carboxylic acids is 1. The number of Topliss-reactive ketones (excluding diaryl/α,β-unsaturated/α-hetero) is 1. The first kappa shape index (κ1) is 23.8. The minimum Gasteiger partial charge on any atom is -0.300 e. The van der Waals surface area contributed by atoms with Crippen molar-refractivity contribution in [2.45, 2.75) is 108 Å². The van der Waals surface area contributed by atoms with Gasteiger partial charge in [-0.15, -0.1) is 0 Å². The van der Waals surface area contributed by atoms with Crippen molar-refractivity contribution < 1.29 is 4.79 Å². The van der Waals surface area contributed by atoms with Crippen LogP contribution in [0, 0.1) is 52.3 Å². The molecule has 0 aromatic heterocycles. The molecule has 0 unspecified atom stereocenters. The zero-order chi connectivity index (χ0) is 21.9. The lowest BCUT2D eigenvalue weighted by atomic mass is 9.44. The molecule has 8 atom stereocenters. The van der Waals surface area contributed by atoms with E-state index < -0.39 is 0 Å². The maximum absolute atomic E-state index is 12.3. The quantitative estimate of drug-likeness (QED) is 0.316. The summed E-state index contributed by atoms with van der Waals surface area (Å²) in [4.78, 5) is 12.3. The fraction of sp³-hybridized carbons (Fsp3) is 0.963. The van der Waals surface area contributed by atoms with Gasteiger partial charge in [0.2, 0.25) is 0 Å². The molecule has 0 aromatic carbocycles. The molecule has 4 aliphatic carbocycles. The Morgan fingerprint density at radius 2 is 1.67 bits per heavy atom. The number of alkyl halides is 2. The summed E-state index contributed by atoms with van der Waals surface area (Å²) in [5.74, 6) is 6.04. The maximum Gasteiger partial charge on any atom is 0.133 e. The van der Waals surface area contributed by atoms with Gasteiger partial charge < -0.3 is 0 Å². The fourth-order valence-corrected chi connectivity index (χ4v) is 11.2. The van der Waals surface area contributed by atoms with E-state index in [9.17, 15) is 4.79 Å². The van der Waals surface area contributed by atoms with Crippen molar-refractivity contribution in [1.29, 1.82) is 0 Å². The van der Waals surface area contributed by atoms with Gasteiger partial charge in [-0.05, 0) is 90.8 Å². The lowest BCUT2D eigenvalue weighted by molar-refractivity contribution is -0.140. The van der Waals surface area contributed by atoms with Crippen LogP contribution in [0.25, 0.3) is 0 Å². The van der Waals surface area contributed by atoms with Crippen molar-refractivity contribution in [3.05, 3.63) is 0 Å². The van der Waals surface area contributed by atoms with Crippen LogP contribution in [0.5, 0.6) is 0 Å². The molecule has 0 saturated heterocycles. The van der Waals surface area contributed by atoms with Gasteiger partial charge in [0.15, 0.2) is 0 Å². The number of hydrogen-bond acceptors (Lipinski definition) is 1. The molecule has 0 spiro atoms. The molecule has 3 heteroatoms. The lowest BCUT2D eigenvalue weighted by Crippen LogP contribution is -2.59. The van der Waals surface area contributed by atoms with Gasteiger partial charge in [-0.1, -0.05) is 85.7 Å². The summed E-state index contributed by atoms with van der Waals surface area (Å²) in [5.41, 5.74) is 0.842. The third kappa shape index (κ3) is 3.92. The molecule has 0 N–H and O–H groups in total. The molecule has 4 fully saturated rings. The van der Waals surface area contributed by atoms with Gasteiger partial charge in [0.1, 0.15) is 5.78 Å². The Bertz CT molecular complexity index is 657. The van der Waals surface area contributed by atoms with E-state index in [1.807, 2.05) is 0 Å². The van der Waals surface area contributed by atoms with Crippen LogP contribution in [0.4, 0.5) is 0 Å². The van der Waals surface area contributed by atoms with Crippen LogP contribution in [-0.2, 0) is 4.79 Å². The summed E-state index contributed by atoms with van der Waals surface area (Å²) in [6, 6.07) is 0. The van der Waals surface area contributed by atoms with Crippen molar-refractivity contribution in [3.63, 3.8) is 0 Å². The second-order valence-electron chi connectivity index (χ2n) is 12.7. The molecule has 4 saturated carbocycles. The minimum atomic E-state index is -0.0504. The van der Waals surface area contributed by atoms with Crippen molar-refractivity contribution in [3.8, 4) is 0 Å². The number of fused-ring (bicyclic) bond motifs is 5. The Labute approximate surface area is 202 Å². The van der Waals surface area contributed by atoms with E-state index >= 15 is 0 Å². The van der Waals surface area contributed by atoms with Crippen molar-refractivity contribution in [2.75, 3.05) is 0 Å². The molecule has 1 nitrogen and oxygen atoms in total. The van der Waals surface area contributed by atoms with Crippen LogP contribution in [-0.4, -0.2) is 9.02 Å². The summed E-state index contributed by atoms with van der Waals surface area (Å²) in [6.45, 7) is 12.5. The number of carbonyl (C=O) groups is 1. The zero-order valence-corrected chi connectivity index (χ0v) is 23.2. The van der Waals surface area contributed by atoms with Crippen LogP contribution >= 0.6 is 31.9 Å². The van der Waals surface area contributed by atoms with Gasteiger partial charge in [0.25, 0.3) is 0 Å². The van der Waals surface area contributed by atoms with Gasteiger partial charge in [-0.3, -0.25) is 4.79 Å². The third-order valence-electron chi connectivity index (χ3n) is 10.7. The largest absolute Gasteiger partial charge is 0.300 e. The summed E-state index contributed by atoms with van der Waals surface area (Å²) < 4.78 is -0.0504. The van der Waals surface area contributed by atoms with E-state index in [1.165, 1.54) is 51.4 Å². The van der Waals surface area contributed by atoms with Crippen LogP contribution in [0.1, 0.15) is 105 Å². The zero-order valence-electron chi connectivity index (χ0n) is 20.0. The molecule has 0 aromatic rings. The molecular formula is C27H44Br2O. The average molecular weight is 544 g/mol. The molecule has 0 heterocycles. The van der Waals surface area contributed by atoms with Gasteiger partial charge in [0, 0.05) is 12.8 Å². The van der Waals surface area contributed by atoms with Crippen molar-refractivity contribution in [2.24, 2.45) is 52.3 Å². The Morgan fingerprint density at radius 1 is 0.967 bits per heavy atom. The fourth-order valence-electron chi connectivity index (χ4n) is 9.09. The summed E-state index contributed by atoms with van der Waals surface area (Å²) in [7, 11) is 0. The molecule has 0 amide bonds. The van der Waals surface area contributed by atoms with Gasteiger partial charge in [0.05, 0.1) is 3.23 Å². The Balaban J connectivity index is 1.54. The third-order valence-corrected chi connectivity index (χ3v) is 12.4. The standard InChI is InChI=1S/C27H44Br2O/c1-17(2)7-6-8-18(3)21-9-10-22-20-16-27(28,29)24-15-19(30)11-13-26(24,5)23(20)12-14-25(21,22)4/h17-18,20-24H,6-16H2,1-5H3/t18-,20+,21-,22-,23-,24+,25+,26-/m0/s1. The Hall–Kier alpha value is 0.630. The Morgan fingerprint density at radius 3 is 2.37 bits per heavy atom. The molecular weight excluding hydrogens is 500 g/mol. The second-order valence-corrected chi connectivity index (χ2v) is 16.6. The van der Waals surface area contributed by atoms with Crippen molar-refractivity contribution in [1.82, 2.24) is 0 Å². The van der Waals surface area contributed by atoms with E-state index in [1.54, 1.807) is 0 Å². The molecule has 0 radical (unpaired) electrons. The first-order chi connectivity index (χ1) is 14.0. The molecule has 4 rings (SSSR count). The van der Waals surface area contributed by atoms with E-state index in [0.717, 1.165) is 54.8 Å². The van der Waals surface area contributed by atoms with Crippen LogP contribution < -0.4 is 0 Å². The van der Waals surface area contributed by atoms with Crippen LogP contribution in [0.2, 0.25) is 0 Å². The highest BCUT2D eigenvalue weighted by molar-refractivity contribution is 9.25. The number of halogens is 2. The summed E-state index contributed by atoms with van der Waals surface area (Å²) in [6.07, 6.45) is 13.8. The minimum absolute atomic E-state index is 0.0504. The molecule has 172 valence electrons. The lowest BCUT2D eigenvalue weighted by Gasteiger charge is -2.63. The van der Waals surface area contributed by atoms with Crippen molar-refractivity contribution >= 4 is 37.6 Å². The summed E-state index contributed by atoms with van der Waals surface area (Å²) in [5, 5.41) is 0. The molecule has 0 bridgehead atoms. The predicted octanol–water partition coefficient (Wildman–Crippen LogP) is 8.77. The monoisotopic (exact) mass is 542 g/mol. The molecule has 0 aliphatic heterocycles. The normalized spacial score (nSPS) is 46.3. The first-order valence-electron chi connectivity index (χ1n) is 12.9. The second kappa shape index (κ2) is 8.44. The highest BCUT2D eigenvalue weighted by Crippen LogP contribution is 2.71. The predicted molar refractivity (Wildman–Crippen MR) is 134 cm³/mol. The highest BCUT2D eigenvalue weighted by Gasteiger charge is 2.65. The first-order valence-corrected chi connectivity index (χ1v) is 14.5. The van der Waals surface area contributed by atoms with E-state index in [2.05, 4.69) is 66.5 Å². The molecule has 30 heavy (non-hydrogen) atoms. The van der Waals surface area contributed by atoms with Gasteiger partial charge in [-0.2, -0.15) is 0 Å². The van der Waals surface area contributed by atoms with Gasteiger partial charge in [-0.25, -0.2) is 0 Å². The van der Waals surface area contributed by atoms with E-state index in [-0.39, 0.29) is 3.23 Å². The highest BCUT2D eigenvalue weighted by atomic mass is 79.9. The van der Waals surface area contributed by atoms with E-state index in [0.29, 0.717) is 22.5 Å². The van der Waals surface area contributed by atoms with Crippen LogP contribution in [0.15, 0.2) is 0 Å². The SMILES string of the molecule is CC(C)CCC[C@H](C)[C@@H]1CC[C@H]2[C@H]3CC(Br)(Br)[C@@H]4CC(=O)CC[C@@]4(C)[C@H]3CC[C@@]21C. The number of rotatable bonds is 5.